The maximum Gasteiger partial charge on any atom is 0.322 e. The van der Waals surface area contributed by atoms with Crippen molar-refractivity contribution in [1.29, 1.82) is 0 Å². The number of hydrogen-bond acceptors (Lipinski definition) is 7. The Labute approximate surface area is 251 Å². The molecule has 0 radical (unpaired) electrons. The van der Waals surface area contributed by atoms with Crippen LogP contribution in [0.3, 0.4) is 0 Å². The highest BCUT2D eigenvalue weighted by atomic mass is 16.6. The first kappa shape index (κ1) is 41.0. The third-order valence-electron chi connectivity index (χ3n) is 6.75. The number of aliphatic imine (C=N–C) groups is 1. The molecular formula is C32H64N4O5. The molecule has 0 aliphatic rings. The van der Waals surface area contributed by atoms with Crippen LogP contribution in [0.15, 0.2) is 4.99 Å². The van der Waals surface area contributed by atoms with Crippen LogP contribution in [0.1, 0.15) is 162 Å². The Morgan fingerprint density at radius 3 is 1.37 bits per heavy atom. The first-order valence-electron chi connectivity index (χ1n) is 16.5. The molecule has 0 aromatic heterocycles. The number of unbranched alkanes of at least 4 members (excludes halogenated alkanes) is 16. The summed E-state index contributed by atoms with van der Waals surface area (Å²) in [6.45, 7) is 7.04. The molecule has 0 aliphatic heterocycles. The molecule has 0 rings (SSSR count). The quantitative estimate of drug-likeness (QED) is 0.0328. The van der Waals surface area contributed by atoms with Crippen LogP contribution in [0.5, 0.6) is 0 Å². The molecule has 0 amide bonds. The van der Waals surface area contributed by atoms with Crippen molar-refractivity contribution in [3.63, 3.8) is 0 Å². The highest BCUT2D eigenvalue weighted by Gasteiger charge is 2.13. The van der Waals surface area contributed by atoms with Crippen molar-refractivity contribution in [1.82, 2.24) is 0 Å². The molecule has 9 heteroatoms. The van der Waals surface area contributed by atoms with E-state index in [0.717, 1.165) is 25.7 Å². The lowest BCUT2D eigenvalue weighted by Gasteiger charge is -2.08. The number of carbonyl (C=O) groups is 3. The summed E-state index contributed by atoms with van der Waals surface area (Å²) in [4.78, 5) is 38.2. The molecule has 0 aromatic rings. The van der Waals surface area contributed by atoms with E-state index < -0.39 is 6.04 Å². The summed E-state index contributed by atoms with van der Waals surface area (Å²) >= 11 is 0. The minimum absolute atomic E-state index is 0.0507. The average Bonchev–Trinajstić information content (AvgIpc) is 2.93. The predicted molar refractivity (Wildman–Crippen MR) is 169 cm³/mol. The zero-order chi connectivity index (χ0) is 31.0. The molecule has 6 N–H and O–H groups in total. The van der Waals surface area contributed by atoms with Gasteiger partial charge in [-0.05, 0) is 32.6 Å². The minimum atomic E-state index is -0.579. The van der Waals surface area contributed by atoms with Gasteiger partial charge in [-0.2, -0.15) is 0 Å². The number of ether oxygens (including phenoxy) is 2. The monoisotopic (exact) mass is 584 g/mol. The van der Waals surface area contributed by atoms with Crippen molar-refractivity contribution in [3.05, 3.63) is 0 Å². The Morgan fingerprint density at radius 2 is 1.00 bits per heavy atom. The van der Waals surface area contributed by atoms with Gasteiger partial charge in [-0.1, -0.05) is 117 Å². The number of hydrogen-bond donors (Lipinski definition) is 3. The predicted octanol–water partition coefficient (Wildman–Crippen LogP) is 6.83. The Balaban J connectivity index is 0. The van der Waals surface area contributed by atoms with Gasteiger partial charge in [0.05, 0.1) is 6.61 Å². The van der Waals surface area contributed by atoms with Crippen molar-refractivity contribution in [3.8, 4) is 0 Å². The van der Waals surface area contributed by atoms with Gasteiger partial charge >= 0.3 is 17.9 Å². The summed E-state index contributed by atoms with van der Waals surface area (Å²) in [6, 6.07) is -0.579. The molecule has 0 aromatic carbocycles. The van der Waals surface area contributed by atoms with Gasteiger partial charge < -0.3 is 26.7 Å². The average molecular weight is 585 g/mol. The molecule has 0 spiro atoms. The highest BCUT2D eigenvalue weighted by molar-refractivity contribution is 5.85. The molecule has 0 saturated carbocycles. The Morgan fingerprint density at radius 1 is 0.610 bits per heavy atom. The largest absolute Gasteiger partial charge is 0.465 e. The standard InChI is InChI=1S/C24H46O3.C8H18N4O2/c1-3-5-7-9-11-13-15-17-19-21-23(25)27-24(26)22-20-18-16-14-12-10-8-6-4-2;1-2-14-7(13)6(9)4-3-5-12-8(10)11/h3-22H2,1-2H3;6H,2-5,9H2,1H3,(H4,10,11,12). The summed E-state index contributed by atoms with van der Waals surface area (Å²) in [5.41, 5.74) is 15.8. The van der Waals surface area contributed by atoms with Crippen molar-refractivity contribution >= 4 is 23.9 Å². The third kappa shape index (κ3) is 33.9. The first-order chi connectivity index (χ1) is 19.8. The summed E-state index contributed by atoms with van der Waals surface area (Å²) in [7, 11) is 0. The second-order valence-electron chi connectivity index (χ2n) is 10.8. The topological polar surface area (TPSA) is 160 Å². The van der Waals surface area contributed by atoms with Gasteiger partial charge in [-0.25, -0.2) is 0 Å². The molecule has 41 heavy (non-hydrogen) atoms. The van der Waals surface area contributed by atoms with E-state index in [2.05, 4.69) is 18.8 Å². The van der Waals surface area contributed by atoms with E-state index >= 15 is 0 Å². The second-order valence-corrected chi connectivity index (χ2v) is 10.8. The van der Waals surface area contributed by atoms with Crippen LogP contribution in [0, 0.1) is 0 Å². The van der Waals surface area contributed by atoms with Crippen LogP contribution >= 0.6 is 0 Å². The van der Waals surface area contributed by atoms with Gasteiger partial charge in [0.25, 0.3) is 0 Å². The van der Waals surface area contributed by atoms with Gasteiger partial charge in [0.1, 0.15) is 6.04 Å². The first-order valence-corrected chi connectivity index (χ1v) is 16.5. The number of esters is 3. The molecular weight excluding hydrogens is 520 g/mol. The van der Waals surface area contributed by atoms with E-state index in [1.807, 2.05) is 0 Å². The van der Waals surface area contributed by atoms with Crippen LogP contribution in [-0.2, 0) is 23.9 Å². The summed E-state index contributed by atoms with van der Waals surface area (Å²) in [5, 5.41) is 0. The number of carbonyl (C=O) groups excluding carboxylic acids is 3. The lowest BCUT2D eigenvalue weighted by molar-refractivity contribution is -0.159. The smallest absolute Gasteiger partial charge is 0.322 e. The Hall–Kier alpha value is -2.16. The Kier molecular flexibility index (Phi) is 32.3. The molecule has 0 saturated heterocycles. The van der Waals surface area contributed by atoms with Gasteiger partial charge in [0.15, 0.2) is 5.96 Å². The van der Waals surface area contributed by atoms with Crippen LogP contribution in [0.2, 0.25) is 0 Å². The zero-order valence-electron chi connectivity index (χ0n) is 26.8. The fraction of sp³-hybridized carbons (Fsp3) is 0.875. The van der Waals surface area contributed by atoms with Gasteiger partial charge in [-0.3, -0.25) is 19.4 Å². The highest BCUT2D eigenvalue weighted by Crippen LogP contribution is 2.12. The summed E-state index contributed by atoms with van der Waals surface area (Å²) in [5.74, 6) is -0.996. The molecule has 0 bridgehead atoms. The third-order valence-corrected chi connectivity index (χ3v) is 6.75. The van der Waals surface area contributed by atoms with Gasteiger partial charge in [-0.15, -0.1) is 0 Å². The normalized spacial score (nSPS) is 11.2. The van der Waals surface area contributed by atoms with Crippen molar-refractivity contribution in [2.45, 2.75) is 168 Å². The zero-order valence-corrected chi connectivity index (χ0v) is 26.8. The Bertz CT molecular complexity index is 622. The van der Waals surface area contributed by atoms with E-state index in [1.165, 1.54) is 89.9 Å². The summed E-state index contributed by atoms with van der Waals surface area (Å²) < 4.78 is 9.65. The van der Waals surface area contributed by atoms with Crippen LogP contribution in [0.4, 0.5) is 0 Å². The van der Waals surface area contributed by atoms with Crippen molar-refractivity contribution < 1.29 is 23.9 Å². The van der Waals surface area contributed by atoms with E-state index in [0.29, 0.717) is 38.8 Å². The maximum absolute atomic E-state index is 11.7. The molecule has 0 aliphatic carbocycles. The molecule has 242 valence electrons. The molecule has 9 nitrogen and oxygen atoms in total. The number of rotatable bonds is 26. The van der Waals surface area contributed by atoms with Gasteiger partial charge in [0, 0.05) is 19.4 Å². The fourth-order valence-electron chi connectivity index (χ4n) is 4.28. The number of nitrogens with two attached hydrogens (primary N) is 3. The molecule has 1 unspecified atom stereocenters. The van der Waals surface area contributed by atoms with Crippen LogP contribution in [0.25, 0.3) is 0 Å². The summed E-state index contributed by atoms with van der Waals surface area (Å²) in [6.07, 6.45) is 23.9. The number of guanidine groups is 1. The van der Waals surface area contributed by atoms with Crippen LogP contribution in [-0.4, -0.2) is 43.1 Å². The fourth-order valence-corrected chi connectivity index (χ4v) is 4.28. The number of nitrogens with zero attached hydrogens (tertiary/aromatic N) is 1. The van der Waals surface area contributed by atoms with Crippen molar-refractivity contribution in [2.24, 2.45) is 22.2 Å². The van der Waals surface area contributed by atoms with Gasteiger partial charge in [0.2, 0.25) is 0 Å². The van der Waals surface area contributed by atoms with E-state index in [-0.39, 0.29) is 23.9 Å². The minimum Gasteiger partial charge on any atom is -0.465 e. The van der Waals surface area contributed by atoms with Crippen LogP contribution < -0.4 is 17.2 Å². The molecule has 0 fully saturated rings. The SMILES string of the molecule is CCCCCCCCCCCC(=O)OC(=O)CCCCCCCCCCC.CCOC(=O)C(N)CCCN=C(N)N. The molecule has 1 atom stereocenters. The second kappa shape index (κ2) is 32.4. The lowest BCUT2D eigenvalue weighted by Crippen LogP contribution is -2.32. The lowest BCUT2D eigenvalue weighted by atomic mass is 10.1. The van der Waals surface area contributed by atoms with E-state index in [1.54, 1.807) is 6.92 Å². The van der Waals surface area contributed by atoms with Crippen molar-refractivity contribution in [2.75, 3.05) is 13.2 Å². The molecule has 0 heterocycles. The van der Waals surface area contributed by atoms with E-state index in [4.69, 9.17) is 26.7 Å². The maximum atomic E-state index is 11.7. The van der Waals surface area contributed by atoms with E-state index in [9.17, 15) is 14.4 Å².